The molecule has 1 aromatic rings. The van der Waals surface area contributed by atoms with Gasteiger partial charge in [-0.2, -0.15) is 0 Å². The van der Waals surface area contributed by atoms with Crippen LogP contribution in [0.25, 0.3) is 0 Å². The Labute approximate surface area is 111 Å². The van der Waals surface area contributed by atoms with Crippen molar-refractivity contribution < 1.29 is 14.9 Å². The molecule has 0 unspecified atom stereocenters. The Morgan fingerprint density at radius 2 is 2.39 bits per heavy atom. The van der Waals surface area contributed by atoms with E-state index in [0.717, 1.165) is 5.56 Å². The van der Waals surface area contributed by atoms with Crippen molar-refractivity contribution in [3.8, 4) is 11.5 Å². The van der Waals surface area contributed by atoms with Gasteiger partial charge >= 0.3 is 0 Å². The van der Waals surface area contributed by atoms with Gasteiger partial charge in [0.15, 0.2) is 17.7 Å². The highest BCUT2D eigenvalue weighted by molar-refractivity contribution is 7.80. The summed E-state index contributed by atoms with van der Waals surface area (Å²) in [6, 6.07) is 5.00. The highest BCUT2D eigenvalue weighted by Crippen LogP contribution is 2.25. The molecule has 6 heteroatoms. The first-order chi connectivity index (χ1) is 8.67. The van der Waals surface area contributed by atoms with Crippen LogP contribution in [0.4, 0.5) is 0 Å². The zero-order valence-electron chi connectivity index (χ0n) is 10.1. The summed E-state index contributed by atoms with van der Waals surface area (Å²) >= 11 is 4.99. The molecule has 0 saturated heterocycles. The molecule has 0 heterocycles. The largest absolute Gasteiger partial charge is 0.504 e. The monoisotopic (exact) mass is 266 g/mol. The van der Waals surface area contributed by atoms with E-state index in [0.29, 0.717) is 17.4 Å². The second kappa shape index (κ2) is 7.29. The fourth-order valence-electron chi connectivity index (χ4n) is 1.18. The van der Waals surface area contributed by atoms with Gasteiger partial charge in [-0.05, 0) is 30.4 Å². The average molecular weight is 266 g/mol. The van der Waals surface area contributed by atoms with Crippen molar-refractivity contribution in [1.82, 2.24) is 10.7 Å². The van der Waals surface area contributed by atoms with Crippen molar-refractivity contribution in [1.29, 1.82) is 0 Å². The van der Waals surface area contributed by atoms with Crippen LogP contribution in [0.3, 0.4) is 0 Å². The molecule has 0 aliphatic rings. The van der Waals surface area contributed by atoms with Crippen LogP contribution < -0.4 is 20.6 Å². The molecule has 1 aromatic carbocycles. The maximum Gasteiger partial charge on any atom is 0.224 e. The van der Waals surface area contributed by atoms with Crippen LogP contribution in [0.15, 0.2) is 30.9 Å². The molecule has 0 atom stereocenters. The Kier molecular flexibility index (Phi) is 5.66. The molecule has 0 aromatic heterocycles. The molecule has 4 N–H and O–H groups in total. The zero-order valence-corrected chi connectivity index (χ0v) is 10.9. The van der Waals surface area contributed by atoms with Crippen LogP contribution in [0.1, 0.15) is 5.56 Å². The van der Waals surface area contributed by atoms with Gasteiger partial charge in [0.05, 0.1) is 7.11 Å². The van der Waals surface area contributed by atoms with Crippen LogP contribution in [-0.4, -0.2) is 30.1 Å². The van der Waals surface area contributed by atoms with E-state index in [4.69, 9.17) is 17.0 Å². The van der Waals surface area contributed by atoms with E-state index < -0.39 is 0 Å². The summed E-state index contributed by atoms with van der Waals surface area (Å²) in [5.41, 5.74) is 3.62. The minimum absolute atomic E-state index is 0.103. The molecule has 0 aliphatic carbocycles. The first-order valence-corrected chi connectivity index (χ1v) is 5.68. The minimum atomic E-state index is 0.103. The topological polar surface area (TPSA) is 67.5 Å². The van der Waals surface area contributed by atoms with Crippen LogP contribution in [0, 0.1) is 0 Å². The van der Waals surface area contributed by atoms with E-state index in [1.54, 1.807) is 30.5 Å². The number of hydrazone groups is 1. The van der Waals surface area contributed by atoms with Crippen LogP contribution in [-0.2, 0) is 0 Å². The van der Waals surface area contributed by atoms with Gasteiger partial charge in [-0.1, -0.05) is 6.08 Å². The number of nitrogens with one attached hydrogen (secondary N) is 3. The summed E-state index contributed by atoms with van der Waals surface area (Å²) in [6.07, 6.45) is 3.41. The third-order valence-electron chi connectivity index (χ3n) is 2.04. The van der Waals surface area contributed by atoms with Crippen LogP contribution in [0.5, 0.6) is 11.5 Å². The van der Waals surface area contributed by atoms with Crippen molar-refractivity contribution in [3.05, 3.63) is 36.4 Å². The Hall–Kier alpha value is -2.08. The van der Waals surface area contributed by atoms with Crippen molar-refractivity contribution in [2.45, 2.75) is 0 Å². The fraction of sp³-hybridized carbons (Fsp3) is 0.167. The molecule has 0 spiro atoms. The predicted molar refractivity (Wildman–Crippen MR) is 74.7 cm³/mol. The predicted octanol–water partition coefficient (Wildman–Crippen LogP) is -0.535. The highest BCUT2D eigenvalue weighted by atomic mass is 32.1. The maximum absolute atomic E-state index is 9.43. The molecule has 0 fully saturated rings. The van der Waals surface area contributed by atoms with Gasteiger partial charge in [-0.25, -0.2) is 0 Å². The summed E-state index contributed by atoms with van der Waals surface area (Å²) in [5, 5.41) is 15.6. The molecule has 96 valence electrons. The molecule has 0 amide bonds. The Morgan fingerprint density at radius 1 is 1.61 bits per heavy atom. The van der Waals surface area contributed by atoms with E-state index in [1.165, 1.54) is 7.11 Å². The van der Waals surface area contributed by atoms with E-state index in [2.05, 4.69) is 22.4 Å². The molecule has 0 saturated carbocycles. The van der Waals surface area contributed by atoms with Crippen molar-refractivity contribution >= 4 is 23.5 Å². The molecular weight excluding hydrogens is 250 g/mol. The van der Waals surface area contributed by atoms with Gasteiger partial charge in [0.1, 0.15) is 0 Å². The molecular formula is C12H16N3O2S+. The standard InChI is InChI=1S/C12H15N3O2S/c1-3-6-13-12(18)15-14-8-9-4-5-10(16)11(7-9)17-2/h3-5,7-8,16H,1,6H2,2H3,(H2,13,15,18)/p+1/b14-8+. The number of hydrazine groups is 1. The van der Waals surface area contributed by atoms with Gasteiger partial charge in [-0.15, -0.1) is 17.1 Å². The van der Waals surface area contributed by atoms with E-state index in [-0.39, 0.29) is 5.75 Å². The fourth-order valence-corrected chi connectivity index (χ4v) is 1.32. The minimum Gasteiger partial charge on any atom is -0.504 e. The number of phenols is 1. The van der Waals surface area contributed by atoms with E-state index in [9.17, 15) is 5.11 Å². The lowest BCUT2D eigenvalue weighted by atomic mass is 10.2. The van der Waals surface area contributed by atoms with Crippen LogP contribution >= 0.6 is 12.2 Å². The second-order valence-corrected chi connectivity index (χ2v) is 3.75. The highest BCUT2D eigenvalue weighted by Gasteiger charge is 2.02. The first-order valence-electron chi connectivity index (χ1n) is 5.28. The second-order valence-electron chi connectivity index (χ2n) is 3.34. The Balaban J connectivity index is 2.56. The van der Waals surface area contributed by atoms with Crippen LogP contribution in [0.2, 0.25) is 0 Å². The Bertz CT molecular complexity index is 461. The van der Waals surface area contributed by atoms with Gasteiger partial charge in [0.25, 0.3) is 0 Å². The number of benzene rings is 1. The quantitative estimate of drug-likeness (QED) is 0.250. The molecule has 18 heavy (non-hydrogen) atoms. The van der Waals surface area contributed by atoms with Gasteiger partial charge in [-0.3, -0.25) is 0 Å². The Morgan fingerprint density at radius 3 is 3.06 bits per heavy atom. The molecule has 0 aliphatic heterocycles. The van der Waals surface area contributed by atoms with Crippen molar-refractivity contribution in [3.63, 3.8) is 0 Å². The number of methoxy groups -OCH3 is 1. The van der Waals surface area contributed by atoms with E-state index in [1.807, 2.05) is 0 Å². The zero-order chi connectivity index (χ0) is 13.4. The molecule has 5 nitrogen and oxygen atoms in total. The number of phenolic OH excluding ortho intramolecular Hbond substituents is 1. The summed E-state index contributed by atoms with van der Waals surface area (Å²) in [7, 11) is 1.50. The van der Waals surface area contributed by atoms with E-state index >= 15 is 0 Å². The molecule has 0 radical (unpaired) electrons. The smallest absolute Gasteiger partial charge is 0.224 e. The number of thiocarbonyl (C=S) groups is 1. The lowest BCUT2D eigenvalue weighted by Gasteiger charge is -2.02. The maximum atomic E-state index is 9.43. The normalized spacial score (nSPS) is 10.1. The molecule has 0 bridgehead atoms. The number of hydrogen-bond acceptors (Lipinski definition) is 3. The third kappa shape index (κ3) is 4.42. The third-order valence-corrected chi connectivity index (χ3v) is 2.28. The van der Waals surface area contributed by atoms with Gasteiger partial charge in [0.2, 0.25) is 5.11 Å². The summed E-state index contributed by atoms with van der Waals surface area (Å²) in [4.78, 5) is 0. The number of hydrogen-bond donors (Lipinski definition) is 4. The number of ether oxygens (including phenoxy) is 1. The lowest BCUT2D eigenvalue weighted by Crippen LogP contribution is -2.82. The van der Waals surface area contributed by atoms with Gasteiger partial charge < -0.3 is 15.2 Å². The summed E-state index contributed by atoms with van der Waals surface area (Å²) in [5.74, 6) is 0.517. The first kappa shape index (κ1) is 14.0. The van der Waals surface area contributed by atoms with Crippen molar-refractivity contribution in [2.75, 3.05) is 13.7 Å². The lowest BCUT2D eigenvalue weighted by molar-refractivity contribution is -0.500. The average Bonchev–Trinajstić information content (AvgIpc) is 2.38. The number of rotatable bonds is 5. The molecule has 1 rings (SSSR count). The summed E-state index contributed by atoms with van der Waals surface area (Å²) < 4.78 is 5.00. The van der Waals surface area contributed by atoms with Crippen molar-refractivity contribution in [2.24, 2.45) is 0 Å². The SMILES string of the molecule is C=CCNC(=S)N/[NH+]=C/c1ccc(O)c(OC)c1. The number of aromatic hydroxyl groups is 1. The van der Waals surface area contributed by atoms with Gasteiger partial charge in [0, 0.05) is 12.1 Å². The summed E-state index contributed by atoms with van der Waals surface area (Å²) in [6.45, 7) is 4.17.